The molecule has 3 heterocycles. The van der Waals surface area contributed by atoms with Crippen molar-refractivity contribution in [3.05, 3.63) is 35.5 Å². The molecule has 0 radical (unpaired) electrons. The molecular formula is C15H18N6O. The maximum Gasteiger partial charge on any atom is 0.147 e. The van der Waals surface area contributed by atoms with Gasteiger partial charge in [0, 0.05) is 19.3 Å². The molecule has 1 saturated heterocycles. The van der Waals surface area contributed by atoms with Crippen molar-refractivity contribution < 1.29 is 4.74 Å². The number of aryl methyl sites for hydroxylation is 2. The van der Waals surface area contributed by atoms with E-state index in [0.717, 1.165) is 24.0 Å². The van der Waals surface area contributed by atoms with Crippen molar-refractivity contribution in [3.8, 4) is 6.07 Å². The van der Waals surface area contributed by atoms with Gasteiger partial charge in [-0.2, -0.15) is 10.4 Å². The Morgan fingerprint density at radius 1 is 1.45 bits per heavy atom. The van der Waals surface area contributed by atoms with E-state index in [2.05, 4.69) is 26.0 Å². The number of ether oxygens (including phenoxy) is 1. The van der Waals surface area contributed by atoms with Crippen molar-refractivity contribution in [1.29, 1.82) is 5.26 Å². The summed E-state index contributed by atoms with van der Waals surface area (Å²) in [5, 5.41) is 13.6. The fourth-order valence-corrected chi connectivity index (χ4v) is 2.69. The Morgan fingerprint density at radius 2 is 2.32 bits per heavy atom. The van der Waals surface area contributed by atoms with Crippen molar-refractivity contribution in [2.45, 2.75) is 26.5 Å². The van der Waals surface area contributed by atoms with Crippen LogP contribution in [0, 0.1) is 25.2 Å². The minimum absolute atomic E-state index is 0.00194. The van der Waals surface area contributed by atoms with Crippen LogP contribution in [0.25, 0.3) is 0 Å². The molecule has 0 amide bonds. The smallest absolute Gasteiger partial charge is 0.147 e. The Morgan fingerprint density at radius 3 is 3.05 bits per heavy atom. The van der Waals surface area contributed by atoms with E-state index in [0.29, 0.717) is 25.3 Å². The number of pyridine rings is 1. The first kappa shape index (κ1) is 14.5. The standard InChI is InChI=1S/C15H18N6O/c1-11-18-12(2)21(19-11)10-14-9-20(6-7-22-14)15-13(8-16)4-3-5-17-15/h3-5,14H,6-7,9-10H2,1-2H3/t14-/m0/s1. The number of rotatable bonds is 3. The zero-order valence-corrected chi connectivity index (χ0v) is 12.7. The molecule has 1 aliphatic rings. The van der Waals surface area contributed by atoms with Crippen LogP contribution >= 0.6 is 0 Å². The van der Waals surface area contributed by atoms with Gasteiger partial charge in [0.1, 0.15) is 23.5 Å². The summed E-state index contributed by atoms with van der Waals surface area (Å²) in [7, 11) is 0. The molecule has 1 atom stereocenters. The third kappa shape index (κ3) is 2.92. The Kier molecular flexibility index (Phi) is 4.02. The van der Waals surface area contributed by atoms with Gasteiger partial charge in [-0.05, 0) is 26.0 Å². The molecule has 3 rings (SSSR count). The van der Waals surface area contributed by atoms with Gasteiger partial charge in [0.25, 0.3) is 0 Å². The average Bonchev–Trinajstić information content (AvgIpc) is 2.85. The third-order valence-electron chi connectivity index (χ3n) is 3.68. The van der Waals surface area contributed by atoms with Gasteiger partial charge in [-0.1, -0.05) is 0 Å². The molecule has 7 heteroatoms. The summed E-state index contributed by atoms with van der Waals surface area (Å²) >= 11 is 0. The molecule has 7 nitrogen and oxygen atoms in total. The van der Waals surface area contributed by atoms with Crippen LogP contribution in [0.2, 0.25) is 0 Å². The highest BCUT2D eigenvalue weighted by molar-refractivity contribution is 5.53. The monoisotopic (exact) mass is 298 g/mol. The fourth-order valence-electron chi connectivity index (χ4n) is 2.69. The molecule has 0 unspecified atom stereocenters. The summed E-state index contributed by atoms with van der Waals surface area (Å²) in [6, 6.07) is 5.77. The Labute approximate surface area is 129 Å². The van der Waals surface area contributed by atoms with Crippen LogP contribution in [0.3, 0.4) is 0 Å². The second-order valence-electron chi connectivity index (χ2n) is 5.31. The molecule has 0 N–H and O–H groups in total. The quantitative estimate of drug-likeness (QED) is 0.843. The lowest BCUT2D eigenvalue weighted by Gasteiger charge is -2.34. The average molecular weight is 298 g/mol. The number of anilines is 1. The molecule has 1 fully saturated rings. The van der Waals surface area contributed by atoms with E-state index in [1.807, 2.05) is 18.5 Å². The van der Waals surface area contributed by atoms with Crippen molar-refractivity contribution in [2.75, 3.05) is 24.6 Å². The van der Waals surface area contributed by atoms with Crippen LogP contribution < -0.4 is 4.90 Å². The lowest BCUT2D eigenvalue weighted by molar-refractivity contribution is 0.0266. The van der Waals surface area contributed by atoms with Gasteiger partial charge in [-0.15, -0.1) is 0 Å². The lowest BCUT2D eigenvalue weighted by atomic mass is 10.2. The van der Waals surface area contributed by atoms with Gasteiger partial charge in [-0.3, -0.25) is 0 Å². The van der Waals surface area contributed by atoms with E-state index in [1.54, 1.807) is 18.3 Å². The van der Waals surface area contributed by atoms with Crippen LogP contribution in [-0.2, 0) is 11.3 Å². The summed E-state index contributed by atoms with van der Waals surface area (Å²) in [5.74, 6) is 2.38. The molecule has 114 valence electrons. The van der Waals surface area contributed by atoms with Crippen LogP contribution in [0.15, 0.2) is 18.3 Å². The Bertz CT molecular complexity index is 704. The van der Waals surface area contributed by atoms with Gasteiger partial charge in [-0.25, -0.2) is 14.6 Å². The zero-order chi connectivity index (χ0) is 15.5. The van der Waals surface area contributed by atoms with Gasteiger partial charge in [0.2, 0.25) is 0 Å². The Hall–Kier alpha value is -2.46. The molecule has 22 heavy (non-hydrogen) atoms. The predicted octanol–water partition coefficient (Wildman–Crippen LogP) is 1.07. The second kappa shape index (κ2) is 6.12. The first-order valence-corrected chi connectivity index (χ1v) is 7.27. The van der Waals surface area contributed by atoms with Gasteiger partial charge >= 0.3 is 0 Å². The number of nitriles is 1. The number of aromatic nitrogens is 4. The molecule has 2 aromatic heterocycles. The van der Waals surface area contributed by atoms with Crippen molar-refractivity contribution in [1.82, 2.24) is 19.7 Å². The van der Waals surface area contributed by atoms with Gasteiger partial charge in [0.05, 0.1) is 24.8 Å². The van der Waals surface area contributed by atoms with Crippen LogP contribution in [0.1, 0.15) is 17.2 Å². The van der Waals surface area contributed by atoms with Gasteiger partial charge < -0.3 is 9.64 Å². The van der Waals surface area contributed by atoms with Crippen LogP contribution in [0.5, 0.6) is 0 Å². The normalized spacial score (nSPS) is 18.2. The van der Waals surface area contributed by atoms with E-state index in [4.69, 9.17) is 4.74 Å². The highest BCUT2D eigenvalue weighted by Gasteiger charge is 2.24. The summed E-state index contributed by atoms with van der Waals surface area (Å²) in [6.07, 6.45) is 1.72. The Balaban J connectivity index is 1.74. The number of morpholine rings is 1. The summed E-state index contributed by atoms with van der Waals surface area (Å²) < 4.78 is 7.70. The summed E-state index contributed by atoms with van der Waals surface area (Å²) in [4.78, 5) is 10.8. The van der Waals surface area contributed by atoms with Crippen molar-refractivity contribution in [3.63, 3.8) is 0 Å². The van der Waals surface area contributed by atoms with Gasteiger partial charge in [0.15, 0.2) is 0 Å². The molecule has 0 aliphatic carbocycles. The summed E-state index contributed by atoms with van der Waals surface area (Å²) in [5.41, 5.74) is 0.593. The highest BCUT2D eigenvalue weighted by Crippen LogP contribution is 2.19. The second-order valence-corrected chi connectivity index (χ2v) is 5.31. The number of nitrogens with zero attached hydrogens (tertiary/aromatic N) is 6. The zero-order valence-electron chi connectivity index (χ0n) is 12.7. The van der Waals surface area contributed by atoms with Crippen molar-refractivity contribution in [2.24, 2.45) is 0 Å². The fraction of sp³-hybridized carbons (Fsp3) is 0.467. The first-order chi connectivity index (χ1) is 10.7. The third-order valence-corrected chi connectivity index (χ3v) is 3.68. The van der Waals surface area contributed by atoms with E-state index < -0.39 is 0 Å². The molecule has 0 aromatic carbocycles. The molecular weight excluding hydrogens is 280 g/mol. The lowest BCUT2D eigenvalue weighted by Crippen LogP contribution is -2.45. The van der Waals surface area contributed by atoms with E-state index >= 15 is 0 Å². The molecule has 0 bridgehead atoms. The molecule has 0 saturated carbocycles. The highest BCUT2D eigenvalue weighted by atomic mass is 16.5. The van der Waals surface area contributed by atoms with Crippen LogP contribution in [0.4, 0.5) is 5.82 Å². The van der Waals surface area contributed by atoms with E-state index in [-0.39, 0.29) is 6.10 Å². The van der Waals surface area contributed by atoms with Crippen LogP contribution in [-0.4, -0.2) is 45.5 Å². The molecule has 2 aromatic rings. The molecule has 0 spiro atoms. The van der Waals surface area contributed by atoms with E-state index in [1.165, 1.54) is 0 Å². The minimum Gasteiger partial charge on any atom is -0.373 e. The largest absolute Gasteiger partial charge is 0.373 e. The minimum atomic E-state index is 0.00194. The van der Waals surface area contributed by atoms with Crippen molar-refractivity contribution >= 4 is 5.82 Å². The molecule has 1 aliphatic heterocycles. The maximum absolute atomic E-state index is 9.22. The predicted molar refractivity (Wildman–Crippen MR) is 80.4 cm³/mol. The SMILES string of the molecule is Cc1nc(C)n(C[C@@H]2CN(c3ncccc3C#N)CCO2)n1. The summed E-state index contributed by atoms with van der Waals surface area (Å²) in [6.45, 7) is 6.50. The number of hydrogen-bond donors (Lipinski definition) is 0. The van der Waals surface area contributed by atoms with E-state index in [9.17, 15) is 5.26 Å². The topological polar surface area (TPSA) is 79.9 Å². The number of hydrogen-bond acceptors (Lipinski definition) is 6. The first-order valence-electron chi connectivity index (χ1n) is 7.27. The maximum atomic E-state index is 9.22.